The number of nitrogens with zero attached hydrogens (tertiary/aromatic N) is 3. The summed E-state index contributed by atoms with van der Waals surface area (Å²) in [6, 6.07) is 10.2. The number of halogens is 2. The average molecular weight is 451 g/mol. The number of carbonyl (C=O) groups excluding carboxylic acids is 1. The first-order valence-corrected chi connectivity index (χ1v) is 10.6. The lowest BCUT2D eigenvalue weighted by Crippen LogP contribution is -2.45. The molecular weight excluding hydrogens is 428 g/mol. The topological polar surface area (TPSA) is 92.0 Å². The number of methoxy groups -OCH3 is 1. The van der Waals surface area contributed by atoms with Crippen LogP contribution < -0.4 is 15.4 Å². The van der Waals surface area contributed by atoms with Crippen molar-refractivity contribution in [2.24, 2.45) is 0 Å². The summed E-state index contributed by atoms with van der Waals surface area (Å²) < 4.78 is 35.5. The lowest BCUT2D eigenvalue weighted by atomic mass is 10.1. The number of nitrogens with one attached hydrogen (secondary N) is 2. The number of benzene rings is 2. The maximum Gasteiger partial charge on any atom is 0.272 e. The zero-order valence-corrected chi connectivity index (χ0v) is 18.3. The van der Waals surface area contributed by atoms with E-state index >= 15 is 0 Å². The molecule has 1 atom stereocenters. The number of ether oxygens (including phenoxy) is 1. The van der Waals surface area contributed by atoms with Crippen LogP contribution in [0.1, 0.15) is 34.6 Å². The second kappa shape index (κ2) is 9.38. The summed E-state index contributed by atoms with van der Waals surface area (Å²) in [6.07, 6.45) is 1.81. The molecule has 0 radical (unpaired) electrons. The Morgan fingerprint density at radius 2 is 2.09 bits per heavy atom. The maximum absolute atomic E-state index is 14.5. The number of rotatable bonds is 5. The van der Waals surface area contributed by atoms with Gasteiger partial charge in [-0.05, 0) is 56.6 Å². The van der Waals surface area contributed by atoms with Crippen molar-refractivity contribution in [2.75, 3.05) is 20.2 Å². The first kappa shape index (κ1) is 22.4. The fourth-order valence-corrected chi connectivity index (χ4v) is 3.99. The quantitative estimate of drug-likeness (QED) is 0.620. The van der Waals surface area contributed by atoms with Crippen molar-refractivity contribution in [2.45, 2.75) is 25.8 Å². The standard InChI is InChI=1S/C24H23F2N5O2/c1-14-22(24(32)29-17-4-3-9-28-13-17)30-23(15-5-6-16(12-27)19(25)10-15)31(14)18-7-8-21(33-2)20(26)11-18/h5-8,10-11,17,28H,3-4,9,13H2,1-2H3,(H,29,32)/t17-/m1/s1. The van der Waals surface area contributed by atoms with Gasteiger partial charge in [-0.2, -0.15) is 5.26 Å². The van der Waals surface area contributed by atoms with E-state index in [4.69, 9.17) is 10.00 Å². The highest BCUT2D eigenvalue weighted by molar-refractivity contribution is 5.94. The molecule has 2 aromatic carbocycles. The largest absolute Gasteiger partial charge is 0.494 e. The Balaban J connectivity index is 1.82. The third kappa shape index (κ3) is 4.43. The van der Waals surface area contributed by atoms with E-state index in [0.717, 1.165) is 19.4 Å². The fraction of sp³-hybridized carbons (Fsp3) is 0.292. The van der Waals surface area contributed by atoms with Crippen LogP contribution in [-0.2, 0) is 0 Å². The van der Waals surface area contributed by atoms with E-state index in [0.29, 0.717) is 23.5 Å². The van der Waals surface area contributed by atoms with Crippen molar-refractivity contribution in [1.29, 1.82) is 5.26 Å². The highest BCUT2D eigenvalue weighted by atomic mass is 19.1. The number of aromatic nitrogens is 2. The number of hydrogen-bond acceptors (Lipinski definition) is 5. The summed E-state index contributed by atoms with van der Waals surface area (Å²) >= 11 is 0. The third-order valence-corrected chi connectivity index (χ3v) is 5.70. The zero-order chi connectivity index (χ0) is 23.5. The Morgan fingerprint density at radius 1 is 1.27 bits per heavy atom. The monoisotopic (exact) mass is 451 g/mol. The van der Waals surface area contributed by atoms with Crippen LogP contribution in [0.15, 0.2) is 36.4 Å². The number of carbonyl (C=O) groups is 1. The van der Waals surface area contributed by atoms with Gasteiger partial charge in [-0.1, -0.05) is 0 Å². The maximum atomic E-state index is 14.5. The molecule has 7 nitrogen and oxygen atoms in total. The predicted molar refractivity (Wildman–Crippen MR) is 118 cm³/mol. The Hall–Kier alpha value is -3.77. The normalized spacial score (nSPS) is 15.7. The van der Waals surface area contributed by atoms with Crippen molar-refractivity contribution in [1.82, 2.24) is 20.2 Å². The van der Waals surface area contributed by atoms with Gasteiger partial charge in [0.1, 0.15) is 23.4 Å². The van der Waals surface area contributed by atoms with Crippen LogP contribution in [0.25, 0.3) is 17.1 Å². The number of nitriles is 1. The van der Waals surface area contributed by atoms with Crippen molar-refractivity contribution in [3.05, 3.63) is 65.0 Å². The van der Waals surface area contributed by atoms with Gasteiger partial charge in [0.25, 0.3) is 5.91 Å². The van der Waals surface area contributed by atoms with E-state index in [1.807, 2.05) is 0 Å². The lowest BCUT2D eigenvalue weighted by Gasteiger charge is -2.23. The molecule has 1 aliphatic rings. The van der Waals surface area contributed by atoms with Gasteiger partial charge in [0, 0.05) is 24.2 Å². The van der Waals surface area contributed by atoms with Crippen LogP contribution in [-0.4, -0.2) is 41.7 Å². The fourth-order valence-electron chi connectivity index (χ4n) is 3.99. The van der Waals surface area contributed by atoms with Crippen LogP contribution in [0.2, 0.25) is 0 Å². The number of piperidine rings is 1. The minimum Gasteiger partial charge on any atom is -0.494 e. The lowest BCUT2D eigenvalue weighted by molar-refractivity contribution is 0.0925. The minimum absolute atomic E-state index is 0.0231. The van der Waals surface area contributed by atoms with Crippen molar-refractivity contribution in [3.8, 4) is 28.9 Å². The van der Waals surface area contributed by atoms with Gasteiger partial charge < -0.3 is 15.4 Å². The molecule has 1 aromatic heterocycles. The predicted octanol–water partition coefficient (Wildman–Crippen LogP) is 3.49. The molecule has 0 unspecified atom stereocenters. The third-order valence-electron chi connectivity index (χ3n) is 5.70. The molecule has 0 spiro atoms. The molecule has 9 heteroatoms. The van der Waals surface area contributed by atoms with Gasteiger partial charge in [-0.15, -0.1) is 0 Å². The Morgan fingerprint density at radius 3 is 2.73 bits per heavy atom. The van der Waals surface area contributed by atoms with E-state index < -0.39 is 11.6 Å². The van der Waals surface area contributed by atoms with E-state index in [9.17, 15) is 13.6 Å². The van der Waals surface area contributed by atoms with E-state index in [-0.39, 0.29) is 34.8 Å². The highest BCUT2D eigenvalue weighted by Gasteiger charge is 2.25. The summed E-state index contributed by atoms with van der Waals surface area (Å²) in [7, 11) is 1.37. The molecule has 2 N–H and O–H groups in total. The summed E-state index contributed by atoms with van der Waals surface area (Å²) in [5.41, 5.74) is 1.28. The van der Waals surface area contributed by atoms with Gasteiger partial charge in [0.2, 0.25) is 0 Å². The van der Waals surface area contributed by atoms with Gasteiger partial charge in [0.15, 0.2) is 11.6 Å². The molecule has 0 aliphatic carbocycles. The smallest absolute Gasteiger partial charge is 0.272 e. The molecule has 0 bridgehead atoms. The Labute approximate surface area is 190 Å². The van der Waals surface area contributed by atoms with Crippen molar-refractivity contribution in [3.63, 3.8) is 0 Å². The van der Waals surface area contributed by atoms with E-state index in [1.54, 1.807) is 29.7 Å². The minimum atomic E-state index is -0.706. The van der Waals surface area contributed by atoms with Crippen molar-refractivity contribution < 1.29 is 18.3 Å². The average Bonchev–Trinajstić information content (AvgIpc) is 3.16. The molecule has 1 amide bonds. The first-order chi connectivity index (χ1) is 15.9. The molecule has 1 saturated heterocycles. The van der Waals surface area contributed by atoms with Gasteiger partial charge >= 0.3 is 0 Å². The SMILES string of the molecule is COc1ccc(-n2c(-c3ccc(C#N)c(F)c3)nc(C(=O)N[C@@H]3CCCNC3)c2C)cc1F. The summed E-state index contributed by atoms with van der Waals surface area (Å²) in [5.74, 6) is -1.32. The van der Waals surface area contributed by atoms with Crippen LogP contribution in [0.3, 0.4) is 0 Å². The summed E-state index contributed by atoms with van der Waals surface area (Å²) in [5, 5.41) is 15.3. The molecule has 3 aromatic rings. The molecule has 0 saturated carbocycles. The number of imidazole rings is 1. The first-order valence-electron chi connectivity index (χ1n) is 10.6. The summed E-state index contributed by atoms with van der Waals surface area (Å²) in [4.78, 5) is 17.6. The van der Waals surface area contributed by atoms with Crippen LogP contribution >= 0.6 is 0 Å². The highest BCUT2D eigenvalue weighted by Crippen LogP contribution is 2.30. The number of amides is 1. The molecule has 1 aliphatic heterocycles. The summed E-state index contributed by atoms with van der Waals surface area (Å²) in [6.45, 7) is 3.28. The van der Waals surface area contributed by atoms with Crippen LogP contribution in [0.4, 0.5) is 8.78 Å². The molecule has 1 fully saturated rings. The van der Waals surface area contributed by atoms with Gasteiger partial charge in [-0.3, -0.25) is 9.36 Å². The Kier molecular flexibility index (Phi) is 6.38. The molecule has 2 heterocycles. The molecular formula is C24H23F2N5O2. The number of hydrogen-bond donors (Lipinski definition) is 2. The zero-order valence-electron chi connectivity index (χ0n) is 18.3. The van der Waals surface area contributed by atoms with Crippen LogP contribution in [0, 0.1) is 29.9 Å². The van der Waals surface area contributed by atoms with Crippen LogP contribution in [0.5, 0.6) is 5.75 Å². The van der Waals surface area contributed by atoms with Gasteiger partial charge in [0.05, 0.1) is 24.1 Å². The van der Waals surface area contributed by atoms with Crippen molar-refractivity contribution >= 4 is 5.91 Å². The van der Waals surface area contributed by atoms with E-state index in [2.05, 4.69) is 15.6 Å². The Bertz CT molecular complexity index is 1240. The van der Waals surface area contributed by atoms with Gasteiger partial charge in [-0.25, -0.2) is 13.8 Å². The molecule has 170 valence electrons. The molecule has 33 heavy (non-hydrogen) atoms. The second-order valence-corrected chi connectivity index (χ2v) is 7.85. The second-order valence-electron chi connectivity index (χ2n) is 7.85. The molecule has 4 rings (SSSR count). The van der Waals surface area contributed by atoms with E-state index in [1.165, 1.54) is 31.4 Å².